The van der Waals surface area contributed by atoms with Crippen LogP contribution < -0.4 is 5.32 Å². The van der Waals surface area contributed by atoms with E-state index in [1.807, 2.05) is 0 Å². The molecule has 0 heterocycles. The fourth-order valence-electron chi connectivity index (χ4n) is 1.66. The van der Waals surface area contributed by atoms with E-state index in [4.69, 9.17) is 0 Å². The first-order valence-electron chi connectivity index (χ1n) is 5.51. The minimum Gasteiger partial charge on any atom is -0.376 e. The summed E-state index contributed by atoms with van der Waals surface area (Å²) in [4.78, 5) is 0. The minimum atomic E-state index is -0.658. The zero-order chi connectivity index (χ0) is 13.1. The van der Waals surface area contributed by atoms with Crippen molar-refractivity contribution in [2.24, 2.45) is 0 Å². The van der Waals surface area contributed by atoms with Crippen LogP contribution in [-0.4, -0.2) is 0 Å². The first-order valence-corrected chi connectivity index (χ1v) is 5.51. The van der Waals surface area contributed by atoms with Crippen LogP contribution in [0.1, 0.15) is 11.1 Å². The SMILES string of the molecule is Cc1ccc(F)c(NCc2cccc(F)c2)c1F. The van der Waals surface area contributed by atoms with Gasteiger partial charge in [0.2, 0.25) is 0 Å². The lowest BCUT2D eigenvalue weighted by Gasteiger charge is -2.10. The molecule has 0 aliphatic heterocycles. The van der Waals surface area contributed by atoms with Crippen LogP contribution >= 0.6 is 0 Å². The molecule has 0 atom stereocenters. The van der Waals surface area contributed by atoms with Crippen molar-refractivity contribution in [2.45, 2.75) is 13.5 Å². The van der Waals surface area contributed by atoms with Crippen LogP contribution in [-0.2, 0) is 6.54 Å². The zero-order valence-electron chi connectivity index (χ0n) is 9.81. The zero-order valence-corrected chi connectivity index (χ0v) is 9.81. The molecule has 2 aromatic rings. The van der Waals surface area contributed by atoms with Crippen LogP contribution in [0.3, 0.4) is 0 Å². The predicted molar refractivity (Wildman–Crippen MR) is 64.8 cm³/mol. The molecule has 1 N–H and O–H groups in total. The van der Waals surface area contributed by atoms with Gasteiger partial charge in [-0.2, -0.15) is 0 Å². The first kappa shape index (κ1) is 12.5. The standard InChI is InChI=1S/C14H12F3N/c1-9-5-6-12(16)14(13(9)17)18-8-10-3-2-4-11(15)7-10/h2-7,18H,8H2,1H3. The molecule has 2 rings (SSSR count). The second-order valence-electron chi connectivity index (χ2n) is 4.04. The third-order valence-electron chi connectivity index (χ3n) is 2.64. The molecule has 0 bridgehead atoms. The minimum absolute atomic E-state index is 0.162. The van der Waals surface area contributed by atoms with Crippen molar-refractivity contribution >= 4 is 5.69 Å². The highest BCUT2D eigenvalue weighted by Crippen LogP contribution is 2.22. The van der Waals surface area contributed by atoms with Crippen LogP contribution in [0, 0.1) is 24.4 Å². The molecule has 0 radical (unpaired) electrons. The average Bonchev–Trinajstić information content (AvgIpc) is 2.34. The van der Waals surface area contributed by atoms with Gasteiger partial charge in [-0.05, 0) is 36.2 Å². The molecule has 18 heavy (non-hydrogen) atoms. The molecule has 2 aromatic carbocycles. The van der Waals surface area contributed by atoms with Crippen molar-refractivity contribution in [1.82, 2.24) is 0 Å². The normalized spacial score (nSPS) is 10.4. The summed E-state index contributed by atoms with van der Waals surface area (Å²) in [7, 11) is 0. The predicted octanol–water partition coefficient (Wildman–Crippen LogP) is 4.02. The van der Waals surface area contributed by atoms with Crippen molar-refractivity contribution in [1.29, 1.82) is 0 Å². The fraction of sp³-hybridized carbons (Fsp3) is 0.143. The van der Waals surface area contributed by atoms with E-state index in [-0.39, 0.29) is 18.0 Å². The van der Waals surface area contributed by atoms with E-state index in [0.29, 0.717) is 11.1 Å². The summed E-state index contributed by atoms with van der Waals surface area (Å²) >= 11 is 0. The number of hydrogen-bond donors (Lipinski definition) is 1. The highest BCUT2D eigenvalue weighted by Gasteiger charge is 2.10. The highest BCUT2D eigenvalue weighted by molar-refractivity contribution is 5.49. The van der Waals surface area contributed by atoms with Crippen molar-refractivity contribution in [2.75, 3.05) is 5.32 Å². The summed E-state index contributed by atoms with van der Waals surface area (Å²) in [5, 5.41) is 2.65. The molecule has 0 fully saturated rings. The van der Waals surface area contributed by atoms with Gasteiger partial charge in [0.1, 0.15) is 17.3 Å². The molecule has 0 amide bonds. The molecule has 94 valence electrons. The smallest absolute Gasteiger partial charge is 0.152 e. The van der Waals surface area contributed by atoms with E-state index in [1.54, 1.807) is 19.1 Å². The monoisotopic (exact) mass is 251 g/mol. The van der Waals surface area contributed by atoms with Crippen LogP contribution in [0.2, 0.25) is 0 Å². The maximum atomic E-state index is 13.7. The molecular weight excluding hydrogens is 239 g/mol. The lowest BCUT2D eigenvalue weighted by atomic mass is 10.1. The third-order valence-corrected chi connectivity index (χ3v) is 2.64. The van der Waals surface area contributed by atoms with Crippen LogP contribution in [0.25, 0.3) is 0 Å². The van der Waals surface area contributed by atoms with Crippen molar-refractivity contribution < 1.29 is 13.2 Å². The largest absolute Gasteiger partial charge is 0.376 e. The Morgan fingerprint density at radius 2 is 1.83 bits per heavy atom. The van der Waals surface area contributed by atoms with E-state index in [1.165, 1.54) is 24.3 Å². The van der Waals surface area contributed by atoms with Crippen molar-refractivity contribution in [3.05, 3.63) is 65.0 Å². The van der Waals surface area contributed by atoms with Gasteiger partial charge < -0.3 is 5.32 Å². The van der Waals surface area contributed by atoms with Crippen molar-refractivity contribution in [3.63, 3.8) is 0 Å². The number of benzene rings is 2. The number of hydrogen-bond acceptors (Lipinski definition) is 1. The van der Waals surface area contributed by atoms with Gasteiger partial charge in [0.05, 0.1) is 0 Å². The van der Waals surface area contributed by atoms with E-state index in [9.17, 15) is 13.2 Å². The summed E-state index contributed by atoms with van der Waals surface area (Å²) < 4.78 is 40.0. The molecule has 0 aromatic heterocycles. The third kappa shape index (κ3) is 2.64. The lowest BCUT2D eigenvalue weighted by Crippen LogP contribution is -2.05. The van der Waals surface area contributed by atoms with Crippen molar-refractivity contribution in [3.8, 4) is 0 Å². The molecule has 4 heteroatoms. The van der Waals surface area contributed by atoms with Gasteiger partial charge in [-0.3, -0.25) is 0 Å². The second-order valence-corrected chi connectivity index (χ2v) is 4.04. The Bertz CT molecular complexity index is 567. The maximum Gasteiger partial charge on any atom is 0.152 e. The summed E-state index contributed by atoms with van der Waals surface area (Å²) in [5.41, 5.74) is 0.799. The quantitative estimate of drug-likeness (QED) is 0.868. The summed E-state index contributed by atoms with van der Waals surface area (Å²) in [6.45, 7) is 1.72. The van der Waals surface area contributed by atoms with Gasteiger partial charge in [-0.25, -0.2) is 13.2 Å². The summed E-state index contributed by atoms with van der Waals surface area (Å²) in [5.74, 6) is -1.65. The molecule has 0 spiro atoms. The molecule has 1 nitrogen and oxygen atoms in total. The summed E-state index contributed by atoms with van der Waals surface area (Å²) in [6, 6.07) is 8.44. The molecule has 0 saturated heterocycles. The fourth-order valence-corrected chi connectivity index (χ4v) is 1.66. The lowest BCUT2D eigenvalue weighted by molar-refractivity contribution is 0.582. The van der Waals surface area contributed by atoms with Gasteiger partial charge in [-0.1, -0.05) is 18.2 Å². The number of rotatable bonds is 3. The molecule has 0 unspecified atom stereocenters. The maximum absolute atomic E-state index is 13.7. The molecule has 0 aliphatic rings. The van der Waals surface area contributed by atoms with Gasteiger partial charge in [0, 0.05) is 6.54 Å². The number of nitrogens with one attached hydrogen (secondary N) is 1. The Labute approximate surface area is 103 Å². The van der Waals surface area contributed by atoms with E-state index in [2.05, 4.69) is 5.32 Å². The Morgan fingerprint density at radius 3 is 2.56 bits per heavy atom. The molecule has 0 saturated carbocycles. The molecule has 0 aliphatic carbocycles. The second kappa shape index (κ2) is 5.12. The van der Waals surface area contributed by atoms with Gasteiger partial charge >= 0.3 is 0 Å². The van der Waals surface area contributed by atoms with Gasteiger partial charge in [0.25, 0.3) is 0 Å². The van der Waals surface area contributed by atoms with Gasteiger partial charge in [0.15, 0.2) is 5.82 Å². The van der Waals surface area contributed by atoms with E-state index < -0.39 is 11.6 Å². The topological polar surface area (TPSA) is 12.0 Å². The highest BCUT2D eigenvalue weighted by atomic mass is 19.1. The van der Waals surface area contributed by atoms with E-state index >= 15 is 0 Å². The Kier molecular flexibility index (Phi) is 3.55. The van der Waals surface area contributed by atoms with Crippen LogP contribution in [0.4, 0.5) is 18.9 Å². The Balaban J connectivity index is 2.18. The molecular formula is C14H12F3N. The van der Waals surface area contributed by atoms with E-state index in [0.717, 1.165) is 0 Å². The summed E-state index contributed by atoms with van der Waals surface area (Å²) in [6.07, 6.45) is 0. The first-order chi connectivity index (χ1) is 8.58. The van der Waals surface area contributed by atoms with Crippen LogP contribution in [0.15, 0.2) is 36.4 Å². The van der Waals surface area contributed by atoms with Crippen LogP contribution in [0.5, 0.6) is 0 Å². The average molecular weight is 251 g/mol. The number of aryl methyl sites for hydroxylation is 1. The Hall–Kier alpha value is -1.97. The number of halogens is 3. The number of anilines is 1. The van der Waals surface area contributed by atoms with Gasteiger partial charge in [-0.15, -0.1) is 0 Å². The Morgan fingerprint density at radius 1 is 1.06 bits per heavy atom.